The Balaban J connectivity index is 2.06. The maximum Gasteiger partial charge on any atom is 0.497 e. The molecule has 6 heteroatoms. The maximum atomic E-state index is 11.6. The minimum Gasteiger partial charge on any atom is -0.399 e. The highest BCUT2D eigenvalue weighted by Crippen LogP contribution is 2.38. The smallest absolute Gasteiger partial charge is 0.399 e. The van der Waals surface area contributed by atoms with Crippen molar-refractivity contribution in [3.63, 3.8) is 0 Å². The van der Waals surface area contributed by atoms with E-state index < -0.39 is 18.3 Å². The summed E-state index contributed by atoms with van der Waals surface area (Å²) < 4.78 is 11.8. The molecule has 1 aliphatic carbocycles. The molecular formula is C14H23BN2O3. The van der Waals surface area contributed by atoms with Crippen LogP contribution in [0.1, 0.15) is 47.0 Å². The van der Waals surface area contributed by atoms with E-state index in [1.54, 1.807) is 6.20 Å². The molecule has 1 atom stereocenters. The van der Waals surface area contributed by atoms with Gasteiger partial charge in [0.05, 0.1) is 17.2 Å². The van der Waals surface area contributed by atoms with Crippen molar-refractivity contribution < 1.29 is 14.1 Å². The Hall–Kier alpha value is -1.14. The molecule has 2 N–H and O–H groups in total. The molecule has 5 nitrogen and oxygen atoms in total. The van der Waals surface area contributed by atoms with Crippen molar-refractivity contribution in [1.29, 1.82) is 5.41 Å². The third kappa shape index (κ3) is 2.81. The summed E-state index contributed by atoms with van der Waals surface area (Å²) in [7, 11) is -0.568. The predicted octanol–water partition coefficient (Wildman–Crippen LogP) is 1.86. The average molecular weight is 278 g/mol. The monoisotopic (exact) mass is 278 g/mol. The zero-order valence-corrected chi connectivity index (χ0v) is 12.7. The topological polar surface area (TPSA) is 71.4 Å². The summed E-state index contributed by atoms with van der Waals surface area (Å²) in [6.07, 6.45) is 5.32. The number of nitrogens with one attached hydrogen (secondary N) is 2. The fourth-order valence-electron chi connectivity index (χ4n) is 2.35. The van der Waals surface area contributed by atoms with Crippen LogP contribution in [0, 0.1) is 5.41 Å². The van der Waals surface area contributed by atoms with Crippen molar-refractivity contribution in [2.45, 2.75) is 64.2 Å². The quantitative estimate of drug-likeness (QED) is 0.608. The number of allylic oxidation sites excluding steroid dienone is 1. The molecule has 0 aromatic rings. The summed E-state index contributed by atoms with van der Waals surface area (Å²) in [5, 5.41) is 10.6. The lowest BCUT2D eigenvalue weighted by Gasteiger charge is -2.32. The van der Waals surface area contributed by atoms with E-state index in [1.165, 1.54) is 6.21 Å². The lowest BCUT2D eigenvalue weighted by atomic mass is 9.79. The van der Waals surface area contributed by atoms with Crippen LogP contribution in [-0.4, -0.2) is 36.4 Å². The molecule has 2 rings (SSSR count). The third-order valence-electron chi connectivity index (χ3n) is 4.45. The fraction of sp³-hybridized carbons (Fsp3) is 0.714. The fourth-order valence-corrected chi connectivity index (χ4v) is 2.35. The van der Waals surface area contributed by atoms with Gasteiger partial charge in [-0.15, -0.1) is 0 Å². The molecule has 110 valence electrons. The summed E-state index contributed by atoms with van der Waals surface area (Å²) in [6.45, 7) is 7.90. The molecule has 1 saturated heterocycles. The number of hydrogen-bond acceptors (Lipinski definition) is 5. The van der Waals surface area contributed by atoms with Crippen molar-refractivity contribution >= 4 is 19.1 Å². The molecule has 0 amide bonds. The molecule has 0 aromatic carbocycles. The van der Waals surface area contributed by atoms with Gasteiger partial charge in [0.15, 0.2) is 5.78 Å². The number of ketones is 1. The van der Waals surface area contributed by atoms with Gasteiger partial charge in [-0.3, -0.25) is 4.79 Å². The molecule has 1 unspecified atom stereocenters. The molecule has 0 spiro atoms. The summed E-state index contributed by atoms with van der Waals surface area (Å²) in [6, 6.07) is -0.132. The molecule has 2 aliphatic rings. The Morgan fingerprint density at radius 2 is 1.95 bits per heavy atom. The zero-order valence-electron chi connectivity index (χ0n) is 12.7. The van der Waals surface area contributed by atoms with Crippen LogP contribution in [0.5, 0.6) is 0 Å². The van der Waals surface area contributed by atoms with Crippen molar-refractivity contribution in [1.82, 2.24) is 5.32 Å². The number of rotatable bonds is 4. The van der Waals surface area contributed by atoms with Crippen LogP contribution in [0.3, 0.4) is 0 Å². The van der Waals surface area contributed by atoms with Gasteiger partial charge in [-0.1, -0.05) is 0 Å². The molecule has 20 heavy (non-hydrogen) atoms. The Bertz CT molecular complexity index is 430. The molecule has 1 heterocycles. The van der Waals surface area contributed by atoms with Crippen LogP contribution in [0.2, 0.25) is 0 Å². The van der Waals surface area contributed by atoms with Crippen LogP contribution in [0.15, 0.2) is 11.7 Å². The van der Waals surface area contributed by atoms with Crippen molar-refractivity contribution in [3.8, 4) is 0 Å². The summed E-state index contributed by atoms with van der Waals surface area (Å²) in [5.74, 6) is 0.236. The highest BCUT2D eigenvalue weighted by atomic mass is 16.7. The maximum absolute atomic E-state index is 11.6. The van der Waals surface area contributed by atoms with Gasteiger partial charge in [0.2, 0.25) is 0 Å². The first-order valence-corrected chi connectivity index (χ1v) is 7.12. The average Bonchev–Trinajstić information content (AvgIpc) is 2.82. The van der Waals surface area contributed by atoms with E-state index in [1.807, 2.05) is 27.7 Å². The first-order valence-electron chi connectivity index (χ1n) is 7.12. The summed E-state index contributed by atoms with van der Waals surface area (Å²) in [4.78, 5) is 11.6. The Morgan fingerprint density at radius 1 is 1.35 bits per heavy atom. The number of carbonyl (C=O) groups excluding carboxylic acids is 1. The number of hydrogen-bond donors (Lipinski definition) is 2. The van der Waals surface area contributed by atoms with Crippen LogP contribution >= 0.6 is 0 Å². The Morgan fingerprint density at radius 3 is 2.40 bits per heavy atom. The molecule has 2 fully saturated rings. The highest BCUT2D eigenvalue weighted by molar-refractivity contribution is 6.60. The highest BCUT2D eigenvalue weighted by Gasteiger charge is 2.52. The van der Waals surface area contributed by atoms with E-state index in [-0.39, 0.29) is 11.8 Å². The van der Waals surface area contributed by atoms with Crippen LogP contribution in [0.4, 0.5) is 0 Å². The number of Topliss-reactive ketones (excluding diaryl/α,β-unsaturated/α-hetero) is 1. The van der Waals surface area contributed by atoms with Gasteiger partial charge in [0.25, 0.3) is 0 Å². The van der Waals surface area contributed by atoms with Gasteiger partial charge in [0, 0.05) is 18.1 Å². The lowest BCUT2D eigenvalue weighted by molar-refractivity contribution is -0.118. The third-order valence-corrected chi connectivity index (χ3v) is 4.45. The number of carbonyl (C=O) groups is 1. The first-order chi connectivity index (χ1) is 9.27. The van der Waals surface area contributed by atoms with E-state index in [2.05, 4.69) is 5.32 Å². The largest absolute Gasteiger partial charge is 0.497 e. The van der Waals surface area contributed by atoms with Gasteiger partial charge < -0.3 is 20.0 Å². The van der Waals surface area contributed by atoms with E-state index in [0.29, 0.717) is 11.9 Å². The van der Waals surface area contributed by atoms with E-state index in [0.717, 1.165) is 12.8 Å². The van der Waals surface area contributed by atoms with E-state index in [4.69, 9.17) is 14.7 Å². The second-order valence-electron chi connectivity index (χ2n) is 6.45. The van der Waals surface area contributed by atoms with Crippen LogP contribution < -0.4 is 5.32 Å². The molecule has 0 bridgehead atoms. The SMILES string of the molecule is CC1(C)OB(/C(C=N)=C/NC2CCCC2=O)OC1(C)C. The summed E-state index contributed by atoms with van der Waals surface area (Å²) in [5.41, 5.74) is -0.255. The molecule has 1 aliphatic heterocycles. The first kappa shape index (κ1) is 15.3. The van der Waals surface area contributed by atoms with E-state index in [9.17, 15) is 4.79 Å². The van der Waals surface area contributed by atoms with E-state index >= 15 is 0 Å². The second-order valence-corrected chi connectivity index (χ2v) is 6.45. The Kier molecular flexibility index (Phi) is 4.07. The zero-order chi connectivity index (χ0) is 15.0. The van der Waals surface area contributed by atoms with Crippen molar-refractivity contribution in [2.24, 2.45) is 0 Å². The molecule has 0 radical (unpaired) electrons. The minimum atomic E-state index is -0.568. The van der Waals surface area contributed by atoms with Crippen molar-refractivity contribution in [2.75, 3.05) is 0 Å². The van der Waals surface area contributed by atoms with Gasteiger partial charge in [0.1, 0.15) is 0 Å². The molecule has 0 aromatic heterocycles. The summed E-state index contributed by atoms with van der Waals surface area (Å²) >= 11 is 0. The minimum absolute atomic E-state index is 0.132. The lowest BCUT2D eigenvalue weighted by Crippen LogP contribution is -2.41. The standard InChI is InChI=1S/C14H23BN2O3/c1-13(2)14(3,4)20-15(19-13)10(8-16)9-17-11-6-5-7-12(11)18/h8-9,11,16-17H,5-7H2,1-4H3/b10-9+,16-8?. The van der Waals surface area contributed by atoms with Crippen LogP contribution in [0.25, 0.3) is 0 Å². The molecule has 1 saturated carbocycles. The van der Waals surface area contributed by atoms with Gasteiger partial charge in [-0.2, -0.15) is 0 Å². The normalized spacial score (nSPS) is 28.8. The predicted molar refractivity (Wildman–Crippen MR) is 78.7 cm³/mol. The van der Waals surface area contributed by atoms with Crippen LogP contribution in [-0.2, 0) is 14.1 Å². The molecular weight excluding hydrogens is 255 g/mol. The Labute approximate surface area is 120 Å². The van der Waals surface area contributed by atoms with Gasteiger partial charge in [-0.05, 0) is 46.7 Å². The van der Waals surface area contributed by atoms with Gasteiger partial charge >= 0.3 is 7.12 Å². The second kappa shape index (κ2) is 5.33. The van der Waals surface area contributed by atoms with Gasteiger partial charge in [-0.25, -0.2) is 0 Å². The van der Waals surface area contributed by atoms with Crippen molar-refractivity contribution in [3.05, 3.63) is 11.7 Å².